The van der Waals surface area contributed by atoms with Crippen LogP contribution in [0.1, 0.15) is 55.4 Å². The standard InChI is InChI=1S/C27H31F/c1-27(2,21-28)20-24-14-12-22(13-15-24)8-6-7-9-23-16-18-26(19-17-23)25-10-4-3-5-11-25/h4,7,9-19H,3,5-6,8,20-21H2,1-2H3/b9-7+. The lowest BCUT2D eigenvalue weighted by molar-refractivity contribution is 0.256. The molecular formula is C27H31F. The lowest BCUT2D eigenvalue weighted by Crippen LogP contribution is -2.17. The van der Waals surface area contributed by atoms with E-state index < -0.39 is 0 Å². The second kappa shape index (κ2) is 9.68. The van der Waals surface area contributed by atoms with Crippen molar-refractivity contribution in [1.29, 1.82) is 0 Å². The molecule has 0 fully saturated rings. The van der Waals surface area contributed by atoms with Crippen LogP contribution in [-0.2, 0) is 12.8 Å². The Labute approximate surface area is 169 Å². The van der Waals surface area contributed by atoms with Crippen LogP contribution in [0.2, 0.25) is 0 Å². The minimum absolute atomic E-state index is 0.274. The molecule has 0 unspecified atom stereocenters. The van der Waals surface area contributed by atoms with E-state index in [1.165, 1.54) is 27.8 Å². The third kappa shape index (κ3) is 6.05. The second-order valence-electron chi connectivity index (χ2n) is 8.49. The van der Waals surface area contributed by atoms with Crippen LogP contribution in [0.3, 0.4) is 0 Å². The number of hydrogen-bond acceptors (Lipinski definition) is 0. The van der Waals surface area contributed by atoms with Crippen LogP contribution >= 0.6 is 0 Å². The van der Waals surface area contributed by atoms with Crippen molar-refractivity contribution < 1.29 is 4.39 Å². The summed E-state index contributed by atoms with van der Waals surface area (Å²) in [4.78, 5) is 0. The van der Waals surface area contributed by atoms with E-state index in [9.17, 15) is 4.39 Å². The maximum absolute atomic E-state index is 13.0. The van der Waals surface area contributed by atoms with Crippen LogP contribution in [-0.4, -0.2) is 6.67 Å². The van der Waals surface area contributed by atoms with Gasteiger partial charge < -0.3 is 0 Å². The van der Waals surface area contributed by atoms with E-state index >= 15 is 0 Å². The van der Waals surface area contributed by atoms with Crippen molar-refractivity contribution in [2.24, 2.45) is 5.41 Å². The molecule has 0 atom stereocenters. The van der Waals surface area contributed by atoms with Crippen molar-refractivity contribution in [2.75, 3.05) is 6.67 Å². The molecule has 3 rings (SSSR count). The smallest absolute Gasteiger partial charge is 0.0948 e. The Hall–Kier alpha value is -2.41. The van der Waals surface area contributed by atoms with Crippen LogP contribution in [0.15, 0.2) is 72.8 Å². The highest BCUT2D eigenvalue weighted by molar-refractivity contribution is 5.75. The Morgan fingerprint density at radius 2 is 1.64 bits per heavy atom. The lowest BCUT2D eigenvalue weighted by atomic mass is 9.87. The monoisotopic (exact) mass is 374 g/mol. The zero-order valence-corrected chi connectivity index (χ0v) is 17.1. The normalized spacial score (nSPS) is 14.5. The molecule has 1 aliphatic carbocycles. The largest absolute Gasteiger partial charge is 0.251 e. The summed E-state index contributed by atoms with van der Waals surface area (Å²) in [6.45, 7) is 3.66. The molecule has 2 aromatic rings. The van der Waals surface area contributed by atoms with Gasteiger partial charge in [-0.2, -0.15) is 0 Å². The van der Waals surface area contributed by atoms with Gasteiger partial charge in [0.25, 0.3) is 0 Å². The topological polar surface area (TPSA) is 0 Å². The molecule has 28 heavy (non-hydrogen) atoms. The summed E-state index contributed by atoms with van der Waals surface area (Å²) in [5.41, 5.74) is 6.14. The summed E-state index contributed by atoms with van der Waals surface area (Å²) in [6, 6.07) is 17.4. The highest BCUT2D eigenvalue weighted by Crippen LogP contribution is 2.23. The van der Waals surface area contributed by atoms with Gasteiger partial charge in [0.2, 0.25) is 0 Å². The van der Waals surface area contributed by atoms with E-state index in [1.54, 1.807) is 0 Å². The van der Waals surface area contributed by atoms with Crippen molar-refractivity contribution in [3.8, 4) is 0 Å². The van der Waals surface area contributed by atoms with Gasteiger partial charge in [0.15, 0.2) is 0 Å². The van der Waals surface area contributed by atoms with Crippen molar-refractivity contribution in [3.05, 3.63) is 95.1 Å². The number of alkyl halides is 1. The van der Waals surface area contributed by atoms with Gasteiger partial charge in [0.05, 0.1) is 6.67 Å². The third-order valence-electron chi connectivity index (χ3n) is 5.22. The fourth-order valence-electron chi connectivity index (χ4n) is 3.51. The van der Waals surface area contributed by atoms with Gasteiger partial charge in [0, 0.05) is 0 Å². The summed E-state index contributed by atoms with van der Waals surface area (Å²) in [6.07, 6.45) is 16.4. The molecule has 0 saturated heterocycles. The number of rotatable bonds is 8. The van der Waals surface area contributed by atoms with Crippen LogP contribution in [0.25, 0.3) is 11.6 Å². The van der Waals surface area contributed by atoms with E-state index in [2.05, 4.69) is 78.9 Å². The summed E-state index contributed by atoms with van der Waals surface area (Å²) in [5, 5.41) is 0. The van der Waals surface area contributed by atoms with E-state index in [4.69, 9.17) is 0 Å². The highest BCUT2D eigenvalue weighted by Gasteiger charge is 2.17. The number of benzene rings is 2. The van der Waals surface area contributed by atoms with Gasteiger partial charge >= 0.3 is 0 Å². The molecule has 0 nitrogen and oxygen atoms in total. The first-order chi connectivity index (χ1) is 13.6. The van der Waals surface area contributed by atoms with Gasteiger partial charge in [-0.15, -0.1) is 0 Å². The van der Waals surface area contributed by atoms with Crippen LogP contribution in [0.4, 0.5) is 4.39 Å². The van der Waals surface area contributed by atoms with Gasteiger partial charge in [-0.05, 0) is 65.3 Å². The quantitative estimate of drug-likeness (QED) is 0.446. The number of allylic oxidation sites excluding steroid dienone is 5. The molecule has 2 aromatic carbocycles. The fourth-order valence-corrected chi connectivity index (χ4v) is 3.51. The predicted octanol–water partition coefficient (Wildman–Crippen LogP) is 7.60. The van der Waals surface area contributed by atoms with Gasteiger partial charge in [-0.25, -0.2) is 0 Å². The Balaban J connectivity index is 1.48. The Kier molecular flexibility index (Phi) is 7.03. The number of hydrogen-bond donors (Lipinski definition) is 0. The Morgan fingerprint density at radius 1 is 0.929 bits per heavy atom. The molecule has 0 N–H and O–H groups in total. The highest BCUT2D eigenvalue weighted by atomic mass is 19.1. The van der Waals surface area contributed by atoms with Crippen LogP contribution in [0.5, 0.6) is 0 Å². The number of aryl methyl sites for hydroxylation is 1. The maximum Gasteiger partial charge on any atom is 0.0948 e. The average molecular weight is 375 g/mol. The fraction of sp³-hybridized carbons (Fsp3) is 0.333. The summed E-state index contributed by atoms with van der Waals surface area (Å²) >= 11 is 0. The molecular weight excluding hydrogens is 343 g/mol. The molecule has 0 spiro atoms. The zero-order valence-electron chi connectivity index (χ0n) is 17.1. The zero-order chi connectivity index (χ0) is 19.8. The SMILES string of the molecule is CC(C)(CF)Cc1ccc(CC/C=C/c2ccc(C3=CCCC=C3)cc2)cc1. The van der Waals surface area contributed by atoms with Crippen molar-refractivity contribution >= 4 is 11.6 Å². The Bertz CT molecular complexity index is 833. The van der Waals surface area contributed by atoms with Gasteiger partial charge in [0.1, 0.15) is 0 Å². The molecule has 0 heterocycles. The summed E-state index contributed by atoms with van der Waals surface area (Å²) in [5.74, 6) is 0. The second-order valence-corrected chi connectivity index (χ2v) is 8.49. The van der Waals surface area contributed by atoms with Gasteiger partial charge in [-0.3, -0.25) is 4.39 Å². The van der Waals surface area contributed by atoms with Crippen molar-refractivity contribution in [3.63, 3.8) is 0 Å². The molecule has 146 valence electrons. The third-order valence-corrected chi connectivity index (χ3v) is 5.22. The molecule has 0 aliphatic heterocycles. The van der Waals surface area contributed by atoms with Crippen molar-refractivity contribution in [1.82, 2.24) is 0 Å². The van der Waals surface area contributed by atoms with E-state index in [0.717, 1.165) is 32.1 Å². The predicted molar refractivity (Wildman–Crippen MR) is 120 cm³/mol. The van der Waals surface area contributed by atoms with Gasteiger partial charge in [-0.1, -0.05) is 92.8 Å². The Morgan fingerprint density at radius 3 is 2.29 bits per heavy atom. The average Bonchev–Trinajstić information content (AvgIpc) is 2.73. The lowest BCUT2D eigenvalue weighted by Gasteiger charge is -2.20. The van der Waals surface area contributed by atoms with E-state index in [1.807, 2.05) is 13.8 Å². The maximum atomic E-state index is 13.0. The molecule has 0 aromatic heterocycles. The van der Waals surface area contributed by atoms with E-state index in [0.29, 0.717) is 0 Å². The molecule has 0 saturated carbocycles. The molecule has 0 amide bonds. The molecule has 0 bridgehead atoms. The van der Waals surface area contributed by atoms with Crippen molar-refractivity contribution in [2.45, 2.75) is 46.0 Å². The molecule has 0 radical (unpaired) electrons. The first kappa shape index (κ1) is 20.3. The van der Waals surface area contributed by atoms with E-state index in [-0.39, 0.29) is 12.1 Å². The molecule has 1 heteroatoms. The molecule has 1 aliphatic rings. The number of halogens is 1. The first-order valence-corrected chi connectivity index (χ1v) is 10.3. The first-order valence-electron chi connectivity index (χ1n) is 10.3. The minimum Gasteiger partial charge on any atom is -0.251 e. The van der Waals surface area contributed by atoms with Crippen LogP contribution in [0, 0.1) is 5.41 Å². The summed E-state index contributed by atoms with van der Waals surface area (Å²) < 4.78 is 13.0. The summed E-state index contributed by atoms with van der Waals surface area (Å²) in [7, 11) is 0. The van der Waals surface area contributed by atoms with Crippen LogP contribution < -0.4 is 0 Å². The minimum atomic E-state index is -0.283.